The number of halogens is 1. The number of nitrogens with zero attached hydrogens (tertiary/aromatic N) is 3. The lowest BCUT2D eigenvalue weighted by Gasteiger charge is -2.06. The van der Waals surface area contributed by atoms with E-state index in [0.717, 1.165) is 5.56 Å². The van der Waals surface area contributed by atoms with Gasteiger partial charge in [-0.05, 0) is 36.8 Å². The highest BCUT2D eigenvalue weighted by molar-refractivity contribution is 6.17. The Morgan fingerprint density at radius 1 is 1.11 bits per heavy atom. The number of hydrogen-bond acceptors (Lipinski definition) is 4. The minimum atomic E-state index is -0.824. The lowest BCUT2D eigenvalue weighted by molar-refractivity contribution is -0.122. The molecular weight excluding hydrogens is 349 g/mol. The van der Waals surface area contributed by atoms with Gasteiger partial charge in [0.25, 0.3) is 0 Å². The van der Waals surface area contributed by atoms with Gasteiger partial charge in [0, 0.05) is 5.56 Å². The third kappa shape index (κ3) is 4.35. The predicted molar refractivity (Wildman–Crippen MR) is 97.7 cm³/mol. The molecule has 0 bridgehead atoms. The molecule has 1 heterocycles. The molecular formula is C19H17FN5O2. The second-order valence-electron chi connectivity index (χ2n) is 5.85. The average molecular weight is 366 g/mol. The summed E-state index contributed by atoms with van der Waals surface area (Å²) in [5.41, 5.74) is 6.73. The van der Waals surface area contributed by atoms with Crippen molar-refractivity contribution in [2.24, 2.45) is 5.73 Å². The van der Waals surface area contributed by atoms with E-state index < -0.39 is 11.8 Å². The Morgan fingerprint density at radius 3 is 2.41 bits per heavy atom. The summed E-state index contributed by atoms with van der Waals surface area (Å²) in [5.74, 6) is -1.55. The molecule has 7 nitrogen and oxygen atoms in total. The molecule has 3 rings (SSSR count). The van der Waals surface area contributed by atoms with E-state index >= 15 is 0 Å². The van der Waals surface area contributed by atoms with Crippen LogP contribution in [0.4, 0.5) is 10.3 Å². The maximum Gasteiger partial charge on any atom is 0.249 e. The molecule has 0 aliphatic rings. The van der Waals surface area contributed by atoms with E-state index in [1.165, 1.54) is 19.1 Å². The molecule has 1 aromatic heterocycles. The third-order valence-corrected chi connectivity index (χ3v) is 3.88. The molecule has 0 unspecified atom stereocenters. The van der Waals surface area contributed by atoms with Crippen LogP contribution >= 0.6 is 0 Å². The Bertz CT molecular complexity index is 954. The second kappa shape index (κ2) is 7.77. The quantitative estimate of drug-likeness (QED) is 0.653. The minimum Gasteiger partial charge on any atom is -0.369 e. The highest BCUT2D eigenvalue weighted by Crippen LogP contribution is 2.21. The van der Waals surface area contributed by atoms with Crippen molar-refractivity contribution in [3.8, 4) is 11.4 Å². The summed E-state index contributed by atoms with van der Waals surface area (Å²) >= 11 is 0. The van der Waals surface area contributed by atoms with Crippen molar-refractivity contribution in [1.82, 2.24) is 14.8 Å². The number of aromatic nitrogens is 3. The average Bonchev–Trinajstić information content (AvgIpc) is 3.04. The van der Waals surface area contributed by atoms with Gasteiger partial charge >= 0.3 is 0 Å². The van der Waals surface area contributed by atoms with Gasteiger partial charge in [0.15, 0.2) is 5.82 Å². The molecule has 0 spiro atoms. The Kier molecular flexibility index (Phi) is 5.25. The Labute approximate surface area is 155 Å². The molecule has 3 N–H and O–H groups in total. The molecule has 0 aliphatic heterocycles. The van der Waals surface area contributed by atoms with Gasteiger partial charge in [-0.15, -0.1) is 5.10 Å². The van der Waals surface area contributed by atoms with Gasteiger partial charge in [-0.1, -0.05) is 30.3 Å². The van der Waals surface area contributed by atoms with Crippen LogP contribution in [0.3, 0.4) is 0 Å². The molecule has 2 amide bonds. The largest absolute Gasteiger partial charge is 0.369 e. The zero-order valence-corrected chi connectivity index (χ0v) is 14.5. The van der Waals surface area contributed by atoms with Crippen molar-refractivity contribution in [3.63, 3.8) is 0 Å². The van der Waals surface area contributed by atoms with Gasteiger partial charge < -0.3 is 5.73 Å². The van der Waals surface area contributed by atoms with Crippen molar-refractivity contribution < 1.29 is 14.0 Å². The van der Waals surface area contributed by atoms with Crippen LogP contribution in [-0.4, -0.2) is 26.6 Å². The van der Waals surface area contributed by atoms with Crippen molar-refractivity contribution in [3.05, 3.63) is 71.9 Å². The van der Waals surface area contributed by atoms with Crippen molar-refractivity contribution in [2.45, 2.75) is 13.5 Å². The number of nitrogens with two attached hydrogens (primary N) is 1. The molecule has 1 radical (unpaired) electrons. The fourth-order valence-corrected chi connectivity index (χ4v) is 2.38. The van der Waals surface area contributed by atoms with Gasteiger partial charge in [-0.25, -0.2) is 9.07 Å². The fraction of sp³-hybridized carbons (Fsp3) is 0.105. The van der Waals surface area contributed by atoms with E-state index in [0.29, 0.717) is 17.9 Å². The van der Waals surface area contributed by atoms with Crippen LogP contribution in [-0.2, 0) is 16.1 Å². The van der Waals surface area contributed by atoms with Crippen LogP contribution < -0.4 is 11.1 Å². The Morgan fingerprint density at radius 2 is 1.78 bits per heavy atom. The zero-order chi connectivity index (χ0) is 19.4. The molecule has 0 atom stereocenters. The first-order valence-electron chi connectivity index (χ1n) is 8.13. The standard InChI is InChI=1S/C19H17FN5O2/c1-12(16(21)26)18(27)23-19-22-17(14-7-9-15(20)10-8-14)25(24-19)11-13-5-3-2-4-6-13/h2-10H,11H2,1H3,(H2,21,26)(H,23,24,27). The lowest BCUT2D eigenvalue weighted by Crippen LogP contribution is -2.30. The number of carbonyl (C=O) groups excluding carboxylic acids is 2. The number of carbonyl (C=O) groups is 2. The Hall–Kier alpha value is -3.55. The summed E-state index contributed by atoms with van der Waals surface area (Å²) in [6, 6.07) is 15.4. The van der Waals surface area contributed by atoms with Crippen LogP contribution in [0, 0.1) is 11.7 Å². The summed E-state index contributed by atoms with van der Waals surface area (Å²) in [6.07, 6.45) is 0. The van der Waals surface area contributed by atoms with Crippen LogP contribution in [0.25, 0.3) is 11.4 Å². The summed E-state index contributed by atoms with van der Waals surface area (Å²) < 4.78 is 14.8. The highest BCUT2D eigenvalue weighted by atomic mass is 19.1. The first-order chi connectivity index (χ1) is 12.9. The molecule has 0 saturated heterocycles. The van der Waals surface area contributed by atoms with Crippen LogP contribution in [0.15, 0.2) is 54.6 Å². The van der Waals surface area contributed by atoms with E-state index in [-0.39, 0.29) is 17.7 Å². The van der Waals surface area contributed by atoms with Crippen molar-refractivity contribution in [2.75, 3.05) is 5.32 Å². The normalized spacial score (nSPS) is 10.8. The zero-order valence-electron chi connectivity index (χ0n) is 14.5. The lowest BCUT2D eigenvalue weighted by atomic mass is 10.1. The fourth-order valence-electron chi connectivity index (χ4n) is 2.38. The maximum atomic E-state index is 13.2. The predicted octanol–water partition coefficient (Wildman–Crippen LogP) is 2.15. The number of nitrogens with one attached hydrogen (secondary N) is 1. The molecule has 0 fully saturated rings. The topological polar surface area (TPSA) is 103 Å². The first-order valence-corrected chi connectivity index (χ1v) is 8.13. The highest BCUT2D eigenvalue weighted by Gasteiger charge is 2.22. The summed E-state index contributed by atoms with van der Waals surface area (Å²) in [5, 5.41) is 6.76. The summed E-state index contributed by atoms with van der Waals surface area (Å²) in [4.78, 5) is 27.5. The smallest absolute Gasteiger partial charge is 0.249 e. The number of anilines is 1. The van der Waals surface area contributed by atoms with Gasteiger partial charge in [0.05, 0.1) is 6.54 Å². The number of primary amides is 1. The van der Waals surface area contributed by atoms with Gasteiger partial charge in [0.1, 0.15) is 11.7 Å². The van der Waals surface area contributed by atoms with E-state index in [9.17, 15) is 14.0 Å². The maximum absolute atomic E-state index is 13.2. The monoisotopic (exact) mass is 366 g/mol. The molecule has 137 valence electrons. The molecule has 0 aliphatic carbocycles. The molecule has 2 aromatic carbocycles. The third-order valence-electron chi connectivity index (χ3n) is 3.88. The molecule has 3 aromatic rings. The summed E-state index contributed by atoms with van der Waals surface area (Å²) in [7, 11) is 0. The van der Waals surface area contributed by atoms with Crippen LogP contribution in [0.1, 0.15) is 12.5 Å². The Balaban J connectivity index is 1.94. The van der Waals surface area contributed by atoms with E-state index in [1.54, 1.807) is 16.8 Å². The molecule has 8 heteroatoms. The molecule has 27 heavy (non-hydrogen) atoms. The van der Waals surface area contributed by atoms with Gasteiger partial charge in [0.2, 0.25) is 17.8 Å². The van der Waals surface area contributed by atoms with Crippen LogP contribution in [0.5, 0.6) is 0 Å². The van der Waals surface area contributed by atoms with Crippen molar-refractivity contribution >= 4 is 17.8 Å². The SMILES string of the molecule is C[C](C(N)=O)C(=O)Nc1nc(-c2ccc(F)cc2)n(Cc2ccccc2)n1. The second-order valence-corrected chi connectivity index (χ2v) is 5.85. The number of hydrogen-bond donors (Lipinski definition) is 2. The first kappa shape index (κ1) is 18.2. The number of benzene rings is 2. The van der Waals surface area contributed by atoms with Crippen molar-refractivity contribution in [1.29, 1.82) is 0 Å². The molecule has 0 saturated carbocycles. The van der Waals surface area contributed by atoms with E-state index in [2.05, 4.69) is 15.4 Å². The van der Waals surface area contributed by atoms with Gasteiger partial charge in [-0.3, -0.25) is 14.9 Å². The minimum absolute atomic E-state index is 0.0239. The summed E-state index contributed by atoms with van der Waals surface area (Å²) in [6.45, 7) is 1.72. The number of amides is 2. The van der Waals surface area contributed by atoms with Crippen LogP contribution in [0.2, 0.25) is 0 Å². The van der Waals surface area contributed by atoms with E-state index in [4.69, 9.17) is 5.73 Å². The van der Waals surface area contributed by atoms with E-state index in [1.807, 2.05) is 30.3 Å². The van der Waals surface area contributed by atoms with Gasteiger partial charge in [-0.2, -0.15) is 4.98 Å². The number of rotatable bonds is 6.